The fourth-order valence-electron chi connectivity index (χ4n) is 2.68. The standard InChI is InChI=1S/C15H9Cl2N3O/c16-10-1-2-12-8(4-10)3-9-5-11(17)6-13(15(9)12)14(21)7-19-20-18/h1-2,4-6H,3,7H2. The highest BCUT2D eigenvalue weighted by molar-refractivity contribution is 6.32. The quantitative estimate of drug-likeness (QED) is 0.288. The molecule has 6 heteroatoms. The molecular weight excluding hydrogens is 309 g/mol. The first-order valence-electron chi connectivity index (χ1n) is 6.25. The summed E-state index contributed by atoms with van der Waals surface area (Å²) >= 11 is 12.1. The fourth-order valence-corrected chi connectivity index (χ4v) is 3.11. The van der Waals surface area contributed by atoms with Crippen LogP contribution in [0.25, 0.3) is 21.6 Å². The second-order valence-electron chi connectivity index (χ2n) is 4.78. The predicted molar refractivity (Wildman–Crippen MR) is 83.0 cm³/mol. The van der Waals surface area contributed by atoms with Crippen LogP contribution >= 0.6 is 23.2 Å². The van der Waals surface area contributed by atoms with Gasteiger partial charge in [0.2, 0.25) is 0 Å². The van der Waals surface area contributed by atoms with E-state index in [0.717, 1.165) is 22.3 Å². The van der Waals surface area contributed by atoms with Crippen molar-refractivity contribution in [3.05, 3.63) is 67.5 Å². The van der Waals surface area contributed by atoms with Crippen LogP contribution in [0.4, 0.5) is 0 Å². The van der Waals surface area contributed by atoms with E-state index >= 15 is 0 Å². The number of ketones is 1. The Labute approximate surface area is 130 Å². The van der Waals surface area contributed by atoms with E-state index in [1.165, 1.54) is 0 Å². The summed E-state index contributed by atoms with van der Waals surface area (Å²) in [6.07, 6.45) is 0.688. The van der Waals surface area contributed by atoms with E-state index < -0.39 is 0 Å². The highest BCUT2D eigenvalue weighted by Gasteiger charge is 2.25. The molecule has 0 heterocycles. The molecule has 0 saturated carbocycles. The molecule has 1 aliphatic carbocycles. The molecule has 0 spiro atoms. The minimum absolute atomic E-state index is 0.216. The van der Waals surface area contributed by atoms with Crippen molar-refractivity contribution in [1.29, 1.82) is 0 Å². The minimum Gasteiger partial charge on any atom is -0.294 e. The molecule has 104 valence electrons. The molecule has 0 atom stereocenters. The number of hydrogen-bond acceptors (Lipinski definition) is 2. The Morgan fingerprint density at radius 2 is 1.95 bits per heavy atom. The average Bonchev–Trinajstić information content (AvgIpc) is 2.80. The van der Waals surface area contributed by atoms with Gasteiger partial charge in [0, 0.05) is 20.5 Å². The molecule has 1 aliphatic rings. The van der Waals surface area contributed by atoms with Crippen LogP contribution in [0.5, 0.6) is 0 Å². The maximum Gasteiger partial charge on any atom is 0.169 e. The summed E-state index contributed by atoms with van der Waals surface area (Å²) in [7, 11) is 0. The molecule has 2 aromatic carbocycles. The smallest absolute Gasteiger partial charge is 0.169 e. The Morgan fingerprint density at radius 3 is 2.71 bits per heavy atom. The third kappa shape index (κ3) is 2.49. The van der Waals surface area contributed by atoms with Crippen LogP contribution in [0, 0.1) is 0 Å². The van der Waals surface area contributed by atoms with Crippen molar-refractivity contribution in [2.45, 2.75) is 6.42 Å². The Morgan fingerprint density at radius 1 is 1.19 bits per heavy atom. The third-order valence-electron chi connectivity index (χ3n) is 3.48. The van der Waals surface area contributed by atoms with Crippen molar-refractivity contribution < 1.29 is 4.79 Å². The Balaban J connectivity index is 2.18. The van der Waals surface area contributed by atoms with Crippen LogP contribution < -0.4 is 0 Å². The molecule has 0 amide bonds. The Hall–Kier alpha value is -2.00. The van der Waals surface area contributed by atoms with E-state index in [2.05, 4.69) is 10.0 Å². The molecule has 21 heavy (non-hydrogen) atoms. The van der Waals surface area contributed by atoms with Gasteiger partial charge >= 0.3 is 0 Å². The highest BCUT2D eigenvalue weighted by Crippen LogP contribution is 2.41. The maximum absolute atomic E-state index is 12.2. The van der Waals surface area contributed by atoms with E-state index in [9.17, 15) is 4.79 Å². The number of carbonyl (C=O) groups excluding carboxylic acids is 1. The van der Waals surface area contributed by atoms with Crippen molar-refractivity contribution in [2.24, 2.45) is 5.11 Å². The molecule has 0 N–H and O–H groups in total. The van der Waals surface area contributed by atoms with E-state index in [-0.39, 0.29) is 12.3 Å². The highest BCUT2D eigenvalue weighted by atomic mass is 35.5. The molecular formula is C15H9Cl2N3O. The van der Waals surface area contributed by atoms with Crippen LogP contribution in [0.2, 0.25) is 10.0 Å². The lowest BCUT2D eigenvalue weighted by molar-refractivity contribution is 0.100. The lowest BCUT2D eigenvalue weighted by atomic mass is 9.96. The Kier molecular flexibility index (Phi) is 3.60. The van der Waals surface area contributed by atoms with Crippen molar-refractivity contribution >= 4 is 29.0 Å². The average molecular weight is 318 g/mol. The number of benzene rings is 2. The molecule has 0 aromatic heterocycles. The van der Waals surface area contributed by atoms with Gasteiger partial charge in [-0.1, -0.05) is 34.4 Å². The van der Waals surface area contributed by atoms with Crippen molar-refractivity contribution in [3.63, 3.8) is 0 Å². The molecule has 4 nitrogen and oxygen atoms in total. The summed E-state index contributed by atoms with van der Waals surface area (Å²) in [5, 5.41) is 4.50. The number of carbonyl (C=O) groups is 1. The third-order valence-corrected chi connectivity index (χ3v) is 3.93. The second kappa shape index (κ2) is 5.41. The van der Waals surface area contributed by atoms with E-state index in [4.69, 9.17) is 28.7 Å². The van der Waals surface area contributed by atoms with E-state index in [1.807, 2.05) is 18.2 Å². The van der Waals surface area contributed by atoms with Gasteiger partial charge in [0.1, 0.15) is 0 Å². The van der Waals surface area contributed by atoms with Gasteiger partial charge < -0.3 is 0 Å². The van der Waals surface area contributed by atoms with Gasteiger partial charge in [-0.3, -0.25) is 4.79 Å². The lowest BCUT2D eigenvalue weighted by Crippen LogP contribution is -2.05. The van der Waals surface area contributed by atoms with Gasteiger partial charge in [-0.2, -0.15) is 0 Å². The zero-order valence-corrected chi connectivity index (χ0v) is 12.3. The number of azide groups is 1. The van der Waals surface area contributed by atoms with Crippen molar-refractivity contribution in [2.75, 3.05) is 6.54 Å². The minimum atomic E-state index is -0.241. The van der Waals surface area contributed by atoms with Crippen LogP contribution in [0.15, 0.2) is 35.4 Å². The van der Waals surface area contributed by atoms with Crippen molar-refractivity contribution in [1.82, 2.24) is 0 Å². The molecule has 0 radical (unpaired) electrons. The summed E-state index contributed by atoms with van der Waals surface area (Å²) in [4.78, 5) is 14.9. The first-order valence-corrected chi connectivity index (χ1v) is 7.01. The molecule has 0 aliphatic heterocycles. The van der Waals surface area contributed by atoms with Gasteiger partial charge in [0.05, 0.1) is 6.54 Å². The summed E-state index contributed by atoms with van der Waals surface area (Å²) in [6, 6.07) is 9.08. The molecule has 0 saturated heterocycles. The number of Topliss-reactive ketones (excluding diaryl/α,β-unsaturated/α-hetero) is 1. The molecule has 3 rings (SSSR count). The van der Waals surface area contributed by atoms with Crippen LogP contribution in [0.1, 0.15) is 21.5 Å². The van der Waals surface area contributed by atoms with Gasteiger partial charge in [0.15, 0.2) is 5.78 Å². The number of fused-ring (bicyclic) bond motifs is 3. The second-order valence-corrected chi connectivity index (χ2v) is 5.65. The first-order chi connectivity index (χ1) is 10.1. The molecule has 0 fully saturated rings. The number of nitrogens with zero attached hydrogens (tertiary/aromatic N) is 3. The fraction of sp³-hybridized carbons (Fsp3) is 0.133. The lowest BCUT2D eigenvalue weighted by Gasteiger charge is -2.09. The van der Waals surface area contributed by atoms with E-state index in [0.29, 0.717) is 22.0 Å². The normalized spacial score (nSPS) is 11.5. The predicted octanol–water partition coefficient (Wildman–Crippen LogP) is 5.06. The zero-order valence-electron chi connectivity index (χ0n) is 10.8. The topological polar surface area (TPSA) is 65.8 Å². The molecule has 2 aromatic rings. The largest absolute Gasteiger partial charge is 0.294 e. The van der Waals surface area contributed by atoms with Crippen molar-refractivity contribution in [3.8, 4) is 11.1 Å². The number of halogens is 2. The van der Waals surface area contributed by atoms with Crippen LogP contribution in [-0.2, 0) is 6.42 Å². The maximum atomic E-state index is 12.2. The van der Waals surface area contributed by atoms with Gasteiger partial charge in [-0.25, -0.2) is 0 Å². The summed E-state index contributed by atoms with van der Waals surface area (Å²) in [6.45, 7) is -0.216. The van der Waals surface area contributed by atoms with Crippen LogP contribution in [0.3, 0.4) is 0 Å². The summed E-state index contributed by atoms with van der Waals surface area (Å²) in [5.41, 5.74) is 12.8. The summed E-state index contributed by atoms with van der Waals surface area (Å²) < 4.78 is 0. The SMILES string of the molecule is [N-]=[N+]=NCC(=O)c1cc(Cl)cc2c1-c1ccc(Cl)cc1C2. The van der Waals surface area contributed by atoms with Crippen LogP contribution in [-0.4, -0.2) is 12.3 Å². The Bertz CT molecular complexity index is 811. The molecule has 0 bridgehead atoms. The van der Waals surface area contributed by atoms with E-state index in [1.54, 1.807) is 12.1 Å². The number of hydrogen-bond donors (Lipinski definition) is 0. The molecule has 0 unspecified atom stereocenters. The zero-order chi connectivity index (χ0) is 15.0. The number of rotatable bonds is 3. The van der Waals surface area contributed by atoms with Gasteiger partial charge in [-0.15, -0.1) is 0 Å². The van der Waals surface area contributed by atoms with Gasteiger partial charge in [-0.05, 0) is 58.5 Å². The first kappa shape index (κ1) is 14.0. The monoisotopic (exact) mass is 317 g/mol. The van der Waals surface area contributed by atoms with Gasteiger partial charge in [0.25, 0.3) is 0 Å². The summed E-state index contributed by atoms with van der Waals surface area (Å²) in [5.74, 6) is -0.241.